The summed E-state index contributed by atoms with van der Waals surface area (Å²) in [6.07, 6.45) is 1.32. The SMILES string of the molecule is CCC1C(C)=C1C. The quantitative estimate of drug-likeness (QED) is 0.439. The molecule has 40 valence electrons. The molecule has 0 N–H and O–H groups in total. The third kappa shape index (κ3) is 0.583. The van der Waals surface area contributed by atoms with Gasteiger partial charge in [0.15, 0.2) is 0 Å². The molecule has 0 radical (unpaired) electrons. The van der Waals surface area contributed by atoms with Crippen molar-refractivity contribution in [2.24, 2.45) is 5.92 Å². The van der Waals surface area contributed by atoms with Crippen molar-refractivity contribution < 1.29 is 0 Å². The first-order chi connectivity index (χ1) is 3.27. The highest BCUT2D eigenvalue weighted by molar-refractivity contribution is 5.36. The number of hydrogen-bond donors (Lipinski definition) is 0. The van der Waals surface area contributed by atoms with Gasteiger partial charge in [0.2, 0.25) is 0 Å². The average molecular weight is 96.2 g/mol. The second kappa shape index (κ2) is 1.36. The molecule has 0 heterocycles. The van der Waals surface area contributed by atoms with Crippen molar-refractivity contribution in [3.63, 3.8) is 0 Å². The van der Waals surface area contributed by atoms with Gasteiger partial charge in [0.25, 0.3) is 0 Å². The summed E-state index contributed by atoms with van der Waals surface area (Å²) < 4.78 is 0. The van der Waals surface area contributed by atoms with E-state index in [0.29, 0.717) is 0 Å². The Morgan fingerprint density at radius 3 is 1.71 bits per heavy atom. The van der Waals surface area contributed by atoms with E-state index < -0.39 is 0 Å². The summed E-state index contributed by atoms with van der Waals surface area (Å²) in [5, 5.41) is 0. The van der Waals surface area contributed by atoms with Crippen LogP contribution in [0.15, 0.2) is 11.1 Å². The topological polar surface area (TPSA) is 0 Å². The first kappa shape index (κ1) is 4.89. The van der Waals surface area contributed by atoms with Gasteiger partial charge in [0.05, 0.1) is 0 Å². The van der Waals surface area contributed by atoms with Crippen LogP contribution in [-0.2, 0) is 0 Å². The van der Waals surface area contributed by atoms with E-state index in [1.54, 1.807) is 11.1 Å². The highest BCUT2D eigenvalue weighted by Crippen LogP contribution is 2.40. The lowest BCUT2D eigenvalue weighted by atomic mass is 10.2. The number of allylic oxidation sites excluding steroid dienone is 2. The van der Waals surface area contributed by atoms with E-state index >= 15 is 0 Å². The summed E-state index contributed by atoms with van der Waals surface area (Å²) >= 11 is 0. The summed E-state index contributed by atoms with van der Waals surface area (Å²) in [6, 6.07) is 0. The van der Waals surface area contributed by atoms with E-state index in [9.17, 15) is 0 Å². The molecule has 0 spiro atoms. The van der Waals surface area contributed by atoms with Crippen LogP contribution in [0.25, 0.3) is 0 Å². The van der Waals surface area contributed by atoms with Crippen LogP contribution in [0.4, 0.5) is 0 Å². The molecule has 7 heavy (non-hydrogen) atoms. The minimum Gasteiger partial charge on any atom is -0.0666 e. The van der Waals surface area contributed by atoms with Gasteiger partial charge in [-0.25, -0.2) is 0 Å². The van der Waals surface area contributed by atoms with Gasteiger partial charge >= 0.3 is 0 Å². The molecule has 1 aliphatic rings. The summed E-state index contributed by atoms with van der Waals surface area (Å²) in [5.41, 5.74) is 3.25. The molecule has 0 nitrogen and oxygen atoms in total. The molecule has 0 amide bonds. The lowest BCUT2D eigenvalue weighted by molar-refractivity contribution is 0.813. The van der Waals surface area contributed by atoms with Crippen molar-refractivity contribution >= 4 is 0 Å². The third-order valence-corrected chi connectivity index (χ3v) is 1.99. The monoisotopic (exact) mass is 96.1 g/mol. The molecule has 0 atom stereocenters. The predicted octanol–water partition coefficient (Wildman–Crippen LogP) is 2.36. The van der Waals surface area contributed by atoms with E-state index in [1.807, 2.05) is 0 Å². The molecular weight excluding hydrogens is 84.1 g/mol. The van der Waals surface area contributed by atoms with E-state index in [2.05, 4.69) is 20.8 Å². The van der Waals surface area contributed by atoms with E-state index in [4.69, 9.17) is 0 Å². The zero-order chi connectivity index (χ0) is 5.44. The molecule has 0 aliphatic heterocycles. The maximum atomic E-state index is 2.24. The Morgan fingerprint density at radius 2 is 1.71 bits per heavy atom. The molecule has 0 saturated carbocycles. The van der Waals surface area contributed by atoms with Crippen molar-refractivity contribution in [3.05, 3.63) is 11.1 Å². The highest BCUT2D eigenvalue weighted by Gasteiger charge is 2.25. The van der Waals surface area contributed by atoms with Crippen LogP contribution in [0, 0.1) is 5.92 Å². The minimum absolute atomic E-state index is 0.903. The van der Waals surface area contributed by atoms with E-state index in [-0.39, 0.29) is 0 Å². The smallest absolute Gasteiger partial charge is 0.000436 e. The van der Waals surface area contributed by atoms with Gasteiger partial charge < -0.3 is 0 Å². The zero-order valence-electron chi connectivity index (χ0n) is 5.28. The largest absolute Gasteiger partial charge is 0.0666 e. The van der Waals surface area contributed by atoms with E-state index in [0.717, 1.165) is 5.92 Å². The van der Waals surface area contributed by atoms with Crippen molar-refractivity contribution in [1.29, 1.82) is 0 Å². The number of rotatable bonds is 1. The normalized spacial score (nSPS) is 21.0. The molecule has 1 rings (SSSR count). The molecule has 1 aliphatic carbocycles. The minimum atomic E-state index is 0.903. The second-order valence-corrected chi connectivity index (χ2v) is 2.33. The Bertz CT molecular complexity index is 97.2. The van der Waals surface area contributed by atoms with Crippen LogP contribution < -0.4 is 0 Å². The molecule has 0 saturated heterocycles. The summed E-state index contributed by atoms with van der Waals surface area (Å²) in [4.78, 5) is 0. The summed E-state index contributed by atoms with van der Waals surface area (Å²) in [5.74, 6) is 0.903. The van der Waals surface area contributed by atoms with E-state index in [1.165, 1.54) is 6.42 Å². The lowest BCUT2D eigenvalue weighted by Gasteiger charge is -1.84. The Labute approximate surface area is 45.2 Å². The Balaban J connectivity index is 2.37. The first-order valence-corrected chi connectivity index (χ1v) is 2.94. The van der Waals surface area contributed by atoms with Gasteiger partial charge in [0, 0.05) is 5.92 Å². The molecule has 0 aromatic carbocycles. The molecule has 0 heteroatoms. The van der Waals surface area contributed by atoms with Crippen LogP contribution in [0.2, 0.25) is 0 Å². The van der Waals surface area contributed by atoms with Crippen molar-refractivity contribution in [1.82, 2.24) is 0 Å². The molecule has 0 unspecified atom stereocenters. The van der Waals surface area contributed by atoms with Crippen LogP contribution in [0.5, 0.6) is 0 Å². The van der Waals surface area contributed by atoms with Crippen molar-refractivity contribution in [2.75, 3.05) is 0 Å². The van der Waals surface area contributed by atoms with Gasteiger partial charge in [0.1, 0.15) is 0 Å². The fraction of sp³-hybridized carbons (Fsp3) is 0.714. The molecule has 0 bridgehead atoms. The molecule has 0 aromatic heterocycles. The molecule has 0 aromatic rings. The Morgan fingerprint density at radius 1 is 1.29 bits per heavy atom. The van der Waals surface area contributed by atoms with Crippen LogP contribution in [-0.4, -0.2) is 0 Å². The van der Waals surface area contributed by atoms with Gasteiger partial charge in [-0.3, -0.25) is 0 Å². The van der Waals surface area contributed by atoms with Gasteiger partial charge in [-0.1, -0.05) is 18.1 Å². The maximum Gasteiger partial charge on any atom is 0.000436 e. The summed E-state index contributed by atoms with van der Waals surface area (Å²) in [7, 11) is 0. The number of hydrogen-bond acceptors (Lipinski definition) is 0. The predicted molar refractivity (Wildman–Crippen MR) is 32.2 cm³/mol. The van der Waals surface area contributed by atoms with Gasteiger partial charge in [-0.15, -0.1) is 0 Å². The van der Waals surface area contributed by atoms with Gasteiger partial charge in [-0.2, -0.15) is 0 Å². The van der Waals surface area contributed by atoms with Crippen molar-refractivity contribution in [3.8, 4) is 0 Å². The lowest BCUT2D eigenvalue weighted by Crippen LogP contribution is -1.72. The first-order valence-electron chi connectivity index (χ1n) is 2.94. The van der Waals surface area contributed by atoms with Gasteiger partial charge in [-0.05, 0) is 20.3 Å². The van der Waals surface area contributed by atoms with Crippen LogP contribution in [0.1, 0.15) is 27.2 Å². The standard InChI is InChI=1S/C7H12/c1-4-7-5(2)6(7)3/h7H,4H2,1-3H3. The Kier molecular flexibility index (Phi) is 0.949. The third-order valence-electron chi connectivity index (χ3n) is 1.99. The highest BCUT2D eigenvalue weighted by atomic mass is 14.3. The molecular formula is C7H12. The molecule has 0 fully saturated rings. The zero-order valence-corrected chi connectivity index (χ0v) is 5.28. The Hall–Kier alpha value is -0.260. The second-order valence-electron chi connectivity index (χ2n) is 2.33. The van der Waals surface area contributed by atoms with Crippen LogP contribution >= 0.6 is 0 Å². The van der Waals surface area contributed by atoms with Crippen molar-refractivity contribution in [2.45, 2.75) is 27.2 Å². The fourth-order valence-corrected chi connectivity index (χ4v) is 1.16. The average Bonchev–Trinajstić information content (AvgIpc) is 2.17. The maximum absolute atomic E-state index is 2.24. The summed E-state index contributed by atoms with van der Waals surface area (Å²) in [6.45, 7) is 6.69. The van der Waals surface area contributed by atoms with Crippen LogP contribution in [0.3, 0.4) is 0 Å². The fourth-order valence-electron chi connectivity index (χ4n) is 1.16.